The van der Waals surface area contributed by atoms with E-state index < -0.39 is 0 Å². The lowest BCUT2D eigenvalue weighted by Gasteiger charge is -2.39. The van der Waals surface area contributed by atoms with Crippen LogP contribution < -0.4 is 0 Å². The summed E-state index contributed by atoms with van der Waals surface area (Å²) < 4.78 is 6.27. The fourth-order valence-corrected chi connectivity index (χ4v) is 4.81. The van der Waals surface area contributed by atoms with Gasteiger partial charge in [0, 0.05) is 31.2 Å². The van der Waals surface area contributed by atoms with Gasteiger partial charge >= 0.3 is 0 Å². The van der Waals surface area contributed by atoms with Crippen molar-refractivity contribution in [2.75, 3.05) is 32.8 Å². The molecule has 1 saturated carbocycles. The van der Waals surface area contributed by atoms with Crippen LogP contribution in [0.15, 0.2) is 30.3 Å². The van der Waals surface area contributed by atoms with E-state index in [1.165, 1.54) is 32.1 Å². The van der Waals surface area contributed by atoms with E-state index in [2.05, 4.69) is 18.7 Å². The molecule has 2 atom stereocenters. The first-order chi connectivity index (χ1) is 13.7. The Labute approximate surface area is 171 Å². The van der Waals surface area contributed by atoms with Crippen molar-refractivity contribution < 1.29 is 9.53 Å². The summed E-state index contributed by atoms with van der Waals surface area (Å²) in [6, 6.07) is 10.3. The van der Waals surface area contributed by atoms with Gasteiger partial charge in [-0.05, 0) is 56.7 Å². The molecule has 4 heteroatoms. The third-order valence-corrected chi connectivity index (χ3v) is 6.54. The largest absolute Gasteiger partial charge is 0.377 e. The van der Waals surface area contributed by atoms with Crippen molar-refractivity contribution in [3.63, 3.8) is 0 Å². The first-order valence-corrected chi connectivity index (χ1v) is 11.4. The standard InChI is InChI=1S/C24H38N2O2/c1-3-15-25(18-19-28-23-12-8-7-9-20(23)2)22-13-16-26(17-14-22)24(27)21-10-5-4-6-11-21/h4-6,10-11,20,22-23H,3,7-9,12-19H2,1-2H3. The van der Waals surface area contributed by atoms with Crippen molar-refractivity contribution in [3.05, 3.63) is 35.9 Å². The molecule has 1 amide bonds. The second kappa shape index (κ2) is 11.0. The molecular weight excluding hydrogens is 348 g/mol. The summed E-state index contributed by atoms with van der Waals surface area (Å²) in [7, 11) is 0. The van der Waals surface area contributed by atoms with Crippen LogP contribution in [-0.4, -0.2) is 60.6 Å². The van der Waals surface area contributed by atoms with E-state index in [4.69, 9.17) is 4.74 Å². The highest BCUT2D eigenvalue weighted by Gasteiger charge is 2.27. The van der Waals surface area contributed by atoms with Gasteiger partial charge in [0.25, 0.3) is 5.91 Å². The molecule has 2 unspecified atom stereocenters. The van der Waals surface area contributed by atoms with Crippen molar-refractivity contribution in [1.82, 2.24) is 9.80 Å². The smallest absolute Gasteiger partial charge is 0.253 e. The molecule has 0 radical (unpaired) electrons. The molecule has 1 heterocycles. The SMILES string of the molecule is CCCN(CCOC1CCCCC1C)C1CCN(C(=O)c2ccccc2)CC1. The van der Waals surface area contributed by atoms with E-state index >= 15 is 0 Å². The number of hydrogen-bond acceptors (Lipinski definition) is 3. The average molecular weight is 387 g/mol. The summed E-state index contributed by atoms with van der Waals surface area (Å²) in [5.74, 6) is 0.885. The lowest BCUT2D eigenvalue weighted by atomic mass is 9.88. The van der Waals surface area contributed by atoms with Crippen LogP contribution in [-0.2, 0) is 4.74 Å². The zero-order chi connectivity index (χ0) is 19.8. The monoisotopic (exact) mass is 386 g/mol. The molecule has 1 saturated heterocycles. The second-order valence-electron chi connectivity index (χ2n) is 8.60. The van der Waals surface area contributed by atoms with Crippen LogP contribution in [0.5, 0.6) is 0 Å². The molecular formula is C24H38N2O2. The number of benzene rings is 1. The third-order valence-electron chi connectivity index (χ3n) is 6.54. The fraction of sp³-hybridized carbons (Fsp3) is 0.708. The Morgan fingerprint density at radius 2 is 1.79 bits per heavy atom. The van der Waals surface area contributed by atoms with Crippen LogP contribution in [0.4, 0.5) is 0 Å². The molecule has 4 nitrogen and oxygen atoms in total. The summed E-state index contributed by atoms with van der Waals surface area (Å²) in [6.07, 6.45) is 9.00. The lowest BCUT2D eigenvalue weighted by molar-refractivity contribution is -0.0209. The van der Waals surface area contributed by atoms with Crippen molar-refractivity contribution in [2.45, 2.75) is 70.9 Å². The Bertz CT molecular complexity index is 584. The van der Waals surface area contributed by atoms with E-state index in [1.807, 2.05) is 35.2 Å². The van der Waals surface area contributed by atoms with Gasteiger partial charge < -0.3 is 9.64 Å². The van der Waals surface area contributed by atoms with Crippen molar-refractivity contribution in [1.29, 1.82) is 0 Å². The van der Waals surface area contributed by atoms with Gasteiger partial charge in [0.05, 0.1) is 12.7 Å². The number of carbonyl (C=O) groups excluding carboxylic acids is 1. The minimum absolute atomic E-state index is 0.177. The van der Waals surface area contributed by atoms with Gasteiger partial charge in [-0.2, -0.15) is 0 Å². The zero-order valence-electron chi connectivity index (χ0n) is 17.8. The molecule has 0 bridgehead atoms. The average Bonchev–Trinajstić information content (AvgIpc) is 2.75. The molecule has 0 aromatic heterocycles. The summed E-state index contributed by atoms with van der Waals surface area (Å²) in [4.78, 5) is 17.3. The summed E-state index contributed by atoms with van der Waals surface area (Å²) in [5.41, 5.74) is 0.807. The molecule has 28 heavy (non-hydrogen) atoms. The van der Waals surface area contributed by atoms with E-state index in [0.717, 1.165) is 51.2 Å². The predicted molar refractivity (Wildman–Crippen MR) is 115 cm³/mol. The predicted octanol–water partition coefficient (Wildman–Crippen LogP) is 4.60. The topological polar surface area (TPSA) is 32.8 Å². The number of ether oxygens (including phenoxy) is 1. The van der Waals surface area contributed by atoms with Gasteiger partial charge in [-0.3, -0.25) is 9.69 Å². The van der Waals surface area contributed by atoms with Gasteiger partial charge in [-0.1, -0.05) is 44.9 Å². The van der Waals surface area contributed by atoms with Crippen molar-refractivity contribution in [2.24, 2.45) is 5.92 Å². The van der Waals surface area contributed by atoms with Crippen LogP contribution >= 0.6 is 0 Å². The first kappa shape index (κ1) is 21.3. The third kappa shape index (κ3) is 5.81. The molecule has 2 aliphatic rings. The molecule has 1 aliphatic carbocycles. The lowest BCUT2D eigenvalue weighted by Crippen LogP contribution is -2.48. The molecule has 2 fully saturated rings. The van der Waals surface area contributed by atoms with E-state index in [0.29, 0.717) is 18.1 Å². The van der Waals surface area contributed by atoms with E-state index in [-0.39, 0.29) is 5.91 Å². The first-order valence-electron chi connectivity index (χ1n) is 11.4. The molecule has 1 aromatic carbocycles. The fourth-order valence-electron chi connectivity index (χ4n) is 4.81. The quantitative estimate of drug-likeness (QED) is 0.655. The van der Waals surface area contributed by atoms with Gasteiger partial charge in [0.15, 0.2) is 0 Å². The van der Waals surface area contributed by atoms with E-state index in [9.17, 15) is 4.79 Å². The molecule has 156 valence electrons. The number of likely N-dealkylation sites (tertiary alicyclic amines) is 1. The maximum atomic E-state index is 12.7. The van der Waals surface area contributed by atoms with Crippen LogP contribution in [0.25, 0.3) is 0 Å². The zero-order valence-corrected chi connectivity index (χ0v) is 17.8. The Morgan fingerprint density at radius 3 is 2.46 bits per heavy atom. The maximum Gasteiger partial charge on any atom is 0.253 e. The second-order valence-corrected chi connectivity index (χ2v) is 8.60. The van der Waals surface area contributed by atoms with Crippen LogP contribution in [0.1, 0.15) is 69.2 Å². The Kier molecular flexibility index (Phi) is 8.35. The molecule has 1 aromatic rings. The highest BCUT2D eigenvalue weighted by Crippen LogP contribution is 2.26. The summed E-state index contributed by atoms with van der Waals surface area (Å²) in [6.45, 7) is 9.31. The van der Waals surface area contributed by atoms with Gasteiger partial charge in [0.2, 0.25) is 0 Å². The normalized spacial score (nSPS) is 23.9. The minimum atomic E-state index is 0.177. The molecule has 3 rings (SSSR count). The Balaban J connectivity index is 1.45. The van der Waals surface area contributed by atoms with Gasteiger partial charge in [0.1, 0.15) is 0 Å². The molecule has 0 N–H and O–H groups in total. The van der Waals surface area contributed by atoms with Crippen molar-refractivity contribution in [3.8, 4) is 0 Å². The minimum Gasteiger partial charge on any atom is -0.377 e. The number of carbonyl (C=O) groups is 1. The number of hydrogen-bond donors (Lipinski definition) is 0. The van der Waals surface area contributed by atoms with Crippen molar-refractivity contribution >= 4 is 5.91 Å². The number of amides is 1. The Hall–Kier alpha value is -1.39. The molecule has 0 spiro atoms. The van der Waals surface area contributed by atoms with Gasteiger partial charge in [-0.25, -0.2) is 0 Å². The van der Waals surface area contributed by atoms with E-state index in [1.54, 1.807) is 0 Å². The van der Waals surface area contributed by atoms with Crippen LogP contribution in [0, 0.1) is 5.92 Å². The van der Waals surface area contributed by atoms with Crippen LogP contribution in [0.3, 0.4) is 0 Å². The number of piperidine rings is 1. The Morgan fingerprint density at radius 1 is 1.07 bits per heavy atom. The van der Waals surface area contributed by atoms with Gasteiger partial charge in [-0.15, -0.1) is 0 Å². The molecule has 1 aliphatic heterocycles. The number of rotatable bonds is 8. The number of nitrogens with zero attached hydrogens (tertiary/aromatic N) is 2. The highest BCUT2D eigenvalue weighted by atomic mass is 16.5. The highest BCUT2D eigenvalue weighted by molar-refractivity contribution is 5.94. The summed E-state index contributed by atoms with van der Waals surface area (Å²) in [5, 5.41) is 0. The summed E-state index contributed by atoms with van der Waals surface area (Å²) >= 11 is 0. The van der Waals surface area contributed by atoms with Crippen LogP contribution in [0.2, 0.25) is 0 Å². The maximum absolute atomic E-state index is 12.7.